The number of methoxy groups -OCH3 is 1. The number of rotatable bonds is 6. The van der Waals surface area contributed by atoms with Gasteiger partial charge in [0.25, 0.3) is 0 Å². The Morgan fingerprint density at radius 2 is 1.90 bits per heavy atom. The number of ether oxygens (including phenoxy) is 1. The second-order valence-electron chi connectivity index (χ2n) is 7.46. The molecule has 156 valence electrons. The molecule has 1 N–H and O–H groups in total. The number of hydrogen-bond acceptors (Lipinski definition) is 4. The summed E-state index contributed by atoms with van der Waals surface area (Å²) in [6.07, 6.45) is 1.23. The Balaban J connectivity index is 1.70. The Morgan fingerprint density at radius 1 is 1.21 bits per heavy atom. The van der Waals surface area contributed by atoms with Crippen LogP contribution in [0, 0.1) is 5.41 Å². The molecule has 29 heavy (non-hydrogen) atoms. The summed E-state index contributed by atoms with van der Waals surface area (Å²) in [7, 11) is -2.16. The van der Waals surface area contributed by atoms with Crippen molar-refractivity contribution in [1.29, 1.82) is 0 Å². The predicted molar refractivity (Wildman–Crippen MR) is 112 cm³/mol. The first-order valence-corrected chi connectivity index (χ1v) is 11.2. The zero-order chi connectivity index (χ0) is 21.1. The van der Waals surface area contributed by atoms with E-state index >= 15 is 0 Å². The maximum atomic E-state index is 13.1. The van der Waals surface area contributed by atoms with E-state index in [9.17, 15) is 13.2 Å². The highest BCUT2D eigenvalue weighted by Crippen LogP contribution is 2.34. The van der Waals surface area contributed by atoms with E-state index in [4.69, 9.17) is 16.3 Å². The lowest BCUT2D eigenvalue weighted by molar-refractivity contribution is -0.132. The molecule has 1 saturated heterocycles. The van der Waals surface area contributed by atoms with Gasteiger partial charge in [0.1, 0.15) is 10.6 Å². The topological polar surface area (TPSA) is 75.7 Å². The predicted octanol–water partition coefficient (Wildman–Crippen LogP) is 3.46. The van der Waals surface area contributed by atoms with Gasteiger partial charge in [-0.1, -0.05) is 35.9 Å². The highest BCUT2D eigenvalue weighted by molar-refractivity contribution is 7.89. The molecule has 1 fully saturated rings. The number of piperidine rings is 1. The summed E-state index contributed by atoms with van der Waals surface area (Å²) in [5.41, 5.74) is 0.137. The Labute approximate surface area is 176 Å². The van der Waals surface area contributed by atoms with E-state index < -0.39 is 15.4 Å². The smallest absolute Gasteiger partial charge is 0.244 e. The van der Waals surface area contributed by atoms with Crippen molar-refractivity contribution in [3.05, 3.63) is 59.1 Å². The molecule has 0 saturated carbocycles. The van der Waals surface area contributed by atoms with Crippen molar-refractivity contribution in [2.45, 2.75) is 31.2 Å². The van der Waals surface area contributed by atoms with E-state index in [1.54, 1.807) is 25.3 Å². The number of nitrogens with zero attached hydrogens (tertiary/aromatic N) is 1. The zero-order valence-corrected chi connectivity index (χ0v) is 18.1. The Bertz CT molecular complexity index is 978. The number of amides is 1. The molecule has 1 amide bonds. The van der Waals surface area contributed by atoms with Gasteiger partial charge in [0.15, 0.2) is 0 Å². The molecule has 0 bridgehead atoms. The molecule has 0 radical (unpaired) electrons. The lowest BCUT2D eigenvalue weighted by Crippen LogP contribution is -2.51. The van der Waals surface area contributed by atoms with Gasteiger partial charge in [0.2, 0.25) is 15.9 Å². The third-order valence-corrected chi connectivity index (χ3v) is 7.62. The SMILES string of the molecule is COc1ccc(CNC(=O)[C@]2(C)CCCN(S(=O)(=O)c3ccccc3Cl)C2)cc1. The maximum absolute atomic E-state index is 13.1. The van der Waals surface area contributed by atoms with Gasteiger partial charge >= 0.3 is 0 Å². The van der Waals surface area contributed by atoms with E-state index in [-0.39, 0.29) is 22.4 Å². The normalized spacial score (nSPS) is 20.2. The van der Waals surface area contributed by atoms with Crippen molar-refractivity contribution < 1.29 is 17.9 Å². The maximum Gasteiger partial charge on any atom is 0.244 e. The summed E-state index contributed by atoms with van der Waals surface area (Å²) < 4.78 is 32.6. The number of carbonyl (C=O) groups excluding carboxylic acids is 1. The Hall–Kier alpha value is -2.09. The number of halogens is 1. The minimum atomic E-state index is -3.76. The second kappa shape index (κ2) is 8.73. The molecule has 1 aliphatic heterocycles. The molecule has 2 aromatic rings. The van der Waals surface area contributed by atoms with Crippen LogP contribution in [0.15, 0.2) is 53.4 Å². The van der Waals surface area contributed by atoms with Crippen LogP contribution in [0.1, 0.15) is 25.3 Å². The van der Waals surface area contributed by atoms with Crippen LogP contribution in [0.4, 0.5) is 0 Å². The van der Waals surface area contributed by atoms with Gasteiger partial charge in [0.05, 0.1) is 17.5 Å². The molecular weight excluding hydrogens is 412 g/mol. The largest absolute Gasteiger partial charge is 0.497 e. The van der Waals surface area contributed by atoms with E-state index in [0.29, 0.717) is 25.9 Å². The molecule has 2 aromatic carbocycles. The van der Waals surface area contributed by atoms with Crippen LogP contribution >= 0.6 is 11.6 Å². The average molecular weight is 437 g/mol. The number of carbonyl (C=O) groups is 1. The molecule has 0 unspecified atom stereocenters. The fourth-order valence-corrected chi connectivity index (χ4v) is 5.61. The van der Waals surface area contributed by atoms with Gasteiger partial charge in [-0.2, -0.15) is 4.31 Å². The van der Waals surface area contributed by atoms with Crippen LogP contribution in [0.5, 0.6) is 5.75 Å². The molecule has 0 spiro atoms. The summed E-state index contributed by atoms with van der Waals surface area (Å²) in [5.74, 6) is 0.590. The van der Waals surface area contributed by atoms with E-state index in [0.717, 1.165) is 11.3 Å². The summed E-state index contributed by atoms with van der Waals surface area (Å²) in [6.45, 7) is 2.67. The monoisotopic (exact) mass is 436 g/mol. The highest BCUT2D eigenvalue weighted by atomic mass is 35.5. The number of sulfonamides is 1. The molecule has 0 aromatic heterocycles. The van der Waals surface area contributed by atoms with Crippen molar-refractivity contribution in [3.63, 3.8) is 0 Å². The summed E-state index contributed by atoms with van der Waals surface area (Å²) in [6, 6.07) is 13.8. The molecule has 8 heteroatoms. The summed E-state index contributed by atoms with van der Waals surface area (Å²) in [4.78, 5) is 13.0. The van der Waals surface area contributed by atoms with Gasteiger partial charge in [-0.3, -0.25) is 4.79 Å². The van der Waals surface area contributed by atoms with Crippen molar-refractivity contribution in [2.24, 2.45) is 5.41 Å². The fraction of sp³-hybridized carbons (Fsp3) is 0.381. The van der Waals surface area contributed by atoms with Crippen LogP contribution in [-0.4, -0.2) is 38.8 Å². The second-order valence-corrected chi connectivity index (χ2v) is 9.78. The Morgan fingerprint density at radius 3 is 2.55 bits per heavy atom. The van der Waals surface area contributed by atoms with Crippen molar-refractivity contribution in [2.75, 3.05) is 20.2 Å². The minimum absolute atomic E-state index is 0.0737. The Kier molecular flexibility index (Phi) is 6.51. The van der Waals surface area contributed by atoms with Crippen LogP contribution < -0.4 is 10.1 Å². The first kappa shape index (κ1) is 21.6. The zero-order valence-electron chi connectivity index (χ0n) is 16.5. The third kappa shape index (κ3) is 4.74. The summed E-state index contributed by atoms with van der Waals surface area (Å²) >= 11 is 6.11. The molecule has 3 rings (SSSR count). The van der Waals surface area contributed by atoms with Crippen LogP contribution in [0.2, 0.25) is 5.02 Å². The minimum Gasteiger partial charge on any atom is -0.497 e. The van der Waals surface area contributed by atoms with E-state index in [1.165, 1.54) is 10.4 Å². The quantitative estimate of drug-likeness (QED) is 0.752. The average Bonchev–Trinajstić information content (AvgIpc) is 2.72. The van der Waals surface area contributed by atoms with Crippen LogP contribution in [-0.2, 0) is 21.4 Å². The lowest BCUT2D eigenvalue weighted by Gasteiger charge is -2.38. The van der Waals surface area contributed by atoms with Crippen molar-refractivity contribution in [3.8, 4) is 5.75 Å². The van der Waals surface area contributed by atoms with Crippen LogP contribution in [0.25, 0.3) is 0 Å². The standard InChI is InChI=1S/C21H25ClN2O4S/c1-21(20(25)23-14-16-8-10-17(28-2)11-9-16)12-5-13-24(15-21)29(26,27)19-7-4-3-6-18(19)22/h3-4,6-11H,5,12-15H2,1-2H3,(H,23,25)/t21-/m1/s1. The van der Waals surface area contributed by atoms with Gasteiger partial charge in [0, 0.05) is 19.6 Å². The molecule has 1 atom stereocenters. The first-order valence-electron chi connectivity index (χ1n) is 9.42. The van der Waals surface area contributed by atoms with Gasteiger partial charge in [-0.25, -0.2) is 8.42 Å². The van der Waals surface area contributed by atoms with Gasteiger partial charge in [-0.15, -0.1) is 0 Å². The molecular formula is C21H25ClN2O4S. The molecule has 0 aliphatic carbocycles. The first-order chi connectivity index (χ1) is 13.8. The molecule has 6 nitrogen and oxygen atoms in total. The number of hydrogen-bond donors (Lipinski definition) is 1. The number of nitrogens with one attached hydrogen (secondary N) is 1. The fourth-order valence-electron chi connectivity index (χ4n) is 3.52. The molecule has 1 aliphatic rings. The van der Waals surface area contributed by atoms with Crippen molar-refractivity contribution in [1.82, 2.24) is 9.62 Å². The molecule has 1 heterocycles. The van der Waals surface area contributed by atoms with Crippen LogP contribution in [0.3, 0.4) is 0 Å². The van der Waals surface area contributed by atoms with Gasteiger partial charge in [-0.05, 0) is 49.6 Å². The van der Waals surface area contributed by atoms with Crippen molar-refractivity contribution >= 4 is 27.5 Å². The summed E-state index contributed by atoms with van der Waals surface area (Å²) in [5, 5.41) is 3.13. The van der Waals surface area contributed by atoms with E-state index in [2.05, 4.69) is 5.32 Å². The third-order valence-electron chi connectivity index (χ3n) is 5.28. The van der Waals surface area contributed by atoms with E-state index in [1.807, 2.05) is 31.2 Å². The highest BCUT2D eigenvalue weighted by Gasteiger charge is 2.42. The van der Waals surface area contributed by atoms with Gasteiger partial charge < -0.3 is 10.1 Å². The lowest BCUT2D eigenvalue weighted by atomic mass is 9.82. The number of benzene rings is 2.